The number of benzene rings is 2. The molecule has 2 rings (SSSR count). The lowest BCUT2D eigenvalue weighted by Gasteiger charge is -2.24. The molecule has 0 aromatic heterocycles. The molecule has 0 aliphatic rings. The Morgan fingerprint density at radius 1 is 0.750 bits per heavy atom. The summed E-state index contributed by atoms with van der Waals surface area (Å²) in [6.07, 6.45) is 0. The van der Waals surface area contributed by atoms with Gasteiger partial charge in [0.1, 0.15) is 11.6 Å². The molecule has 0 aliphatic carbocycles. The first kappa shape index (κ1) is 18.4. The molecule has 0 saturated heterocycles. The van der Waals surface area contributed by atoms with Gasteiger partial charge in [-0.05, 0) is 48.5 Å². The van der Waals surface area contributed by atoms with Gasteiger partial charge in [-0.3, -0.25) is 0 Å². The highest BCUT2D eigenvalue weighted by molar-refractivity contribution is 8.10. The average molecular weight is 379 g/mol. The number of hydrogen-bond acceptors (Lipinski definition) is 5. The van der Waals surface area contributed by atoms with Crippen LogP contribution in [-0.4, -0.2) is 27.7 Å². The van der Waals surface area contributed by atoms with Gasteiger partial charge in [0.15, 0.2) is 0 Å². The summed E-state index contributed by atoms with van der Waals surface area (Å²) in [5.74, 6) is -1.57. The van der Waals surface area contributed by atoms with Crippen LogP contribution in [-0.2, 0) is 19.7 Å². The lowest BCUT2D eigenvalue weighted by atomic mass is 10.4. The van der Waals surface area contributed by atoms with Crippen molar-refractivity contribution in [3.05, 3.63) is 60.2 Å². The quantitative estimate of drug-likeness (QED) is 0.800. The summed E-state index contributed by atoms with van der Waals surface area (Å²) in [5.41, 5.74) is 5.13. The van der Waals surface area contributed by atoms with Crippen molar-refractivity contribution in [3.63, 3.8) is 0 Å². The van der Waals surface area contributed by atoms with Crippen molar-refractivity contribution < 1.29 is 30.0 Å². The Kier molecular flexibility index (Phi) is 4.75. The van der Waals surface area contributed by atoms with E-state index in [4.69, 9.17) is 5.73 Å². The minimum Gasteiger partial charge on any atom is -0.326 e. The third kappa shape index (κ3) is 2.80. The molecule has 0 unspecified atom stereocenters. The van der Waals surface area contributed by atoms with Gasteiger partial charge in [-0.1, -0.05) is 0 Å². The maximum absolute atomic E-state index is 15.2. The largest absolute Gasteiger partial charge is 0.329 e. The Morgan fingerprint density at radius 2 is 1.04 bits per heavy atom. The second-order valence-electron chi connectivity index (χ2n) is 4.78. The molecule has 0 radical (unpaired) electrons. The molecule has 0 heterocycles. The van der Waals surface area contributed by atoms with Crippen molar-refractivity contribution in [1.29, 1.82) is 0 Å². The number of sulfone groups is 2. The lowest BCUT2D eigenvalue weighted by molar-refractivity contribution is 0.362. The molecule has 0 aliphatic heterocycles. The number of halogens is 3. The van der Waals surface area contributed by atoms with Gasteiger partial charge >= 0.3 is 4.33 Å². The fourth-order valence-electron chi connectivity index (χ4n) is 1.94. The summed E-state index contributed by atoms with van der Waals surface area (Å²) in [7, 11) is -10.2. The van der Waals surface area contributed by atoms with E-state index in [1.165, 1.54) is 0 Å². The van der Waals surface area contributed by atoms with Crippen LogP contribution in [0.2, 0.25) is 0 Å². The van der Waals surface area contributed by atoms with Crippen LogP contribution < -0.4 is 5.73 Å². The van der Waals surface area contributed by atoms with Gasteiger partial charge in [-0.15, -0.1) is 0 Å². The summed E-state index contributed by atoms with van der Waals surface area (Å²) < 4.78 is 86.9. The van der Waals surface area contributed by atoms with E-state index in [0.29, 0.717) is 0 Å². The van der Waals surface area contributed by atoms with Crippen molar-refractivity contribution in [3.8, 4) is 0 Å². The molecule has 2 N–H and O–H groups in total. The van der Waals surface area contributed by atoms with Crippen molar-refractivity contribution >= 4 is 19.7 Å². The molecular formula is C14H12F3NO4S2. The summed E-state index contributed by atoms with van der Waals surface area (Å²) in [4.78, 5) is -1.50. The Morgan fingerprint density at radius 3 is 1.29 bits per heavy atom. The maximum atomic E-state index is 15.2. The van der Waals surface area contributed by atoms with Gasteiger partial charge in [-0.2, -0.15) is 0 Å². The average Bonchev–Trinajstić information content (AvgIpc) is 2.54. The summed E-state index contributed by atoms with van der Waals surface area (Å²) >= 11 is 0. The highest BCUT2D eigenvalue weighted by Crippen LogP contribution is 2.36. The normalized spacial score (nSPS) is 13.0. The van der Waals surface area contributed by atoms with E-state index >= 15 is 4.39 Å². The van der Waals surface area contributed by atoms with Crippen molar-refractivity contribution in [2.75, 3.05) is 6.54 Å². The Balaban J connectivity index is 2.66. The van der Waals surface area contributed by atoms with Gasteiger partial charge in [-0.25, -0.2) is 30.0 Å². The summed E-state index contributed by atoms with van der Waals surface area (Å²) in [6.45, 7) is -1.40. The first-order valence-electron chi connectivity index (χ1n) is 6.45. The highest BCUT2D eigenvalue weighted by atomic mass is 32.3. The van der Waals surface area contributed by atoms with Gasteiger partial charge in [0.2, 0.25) is 19.7 Å². The third-order valence-electron chi connectivity index (χ3n) is 3.29. The van der Waals surface area contributed by atoms with Gasteiger partial charge in [0.05, 0.1) is 16.3 Å². The zero-order chi connectivity index (χ0) is 18.2. The molecule has 0 amide bonds. The molecule has 0 spiro atoms. The molecule has 0 fully saturated rings. The minimum atomic E-state index is -5.12. The molecule has 0 saturated carbocycles. The molecule has 0 atom stereocenters. The van der Waals surface area contributed by atoms with E-state index in [2.05, 4.69) is 0 Å². The standard InChI is InChI=1S/C14H12F3NO4S2/c15-10-1-5-12(6-2-10)23(19,20)14(17,9-18)24(21,22)13-7-3-11(16)4-8-13/h1-8H,9,18H2. The smallest absolute Gasteiger partial charge is 0.326 e. The molecule has 2 aromatic rings. The van der Waals surface area contributed by atoms with Gasteiger partial charge in [0.25, 0.3) is 0 Å². The van der Waals surface area contributed by atoms with Gasteiger partial charge < -0.3 is 5.73 Å². The van der Waals surface area contributed by atoms with Crippen LogP contribution in [0.4, 0.5) is 13.2 Å². The van der Waals surface area contributed by atoms with E-state index < -0.39 is 52.0 Å². The zero-order valence-electron chi connectivity index (χ0n) is 12.0. The first-order chi connectivity index (χ1) is 11.1. The minimum absolute atomic E-state index is 0.731. The van der Waals surface area contributed by atoms with E-state index in [-0.39, 0.29) is 0 Å². The van der Waals surface area contributed by atoms with Crippen LogP contribution in [0.3, 0.4) is 0 Å². The van der Waals surface area contributed by atoms with Crippen LogP contribution in [0.5, 0.6) is 0 Å². The topological polar surface area (TPSA) is 94.3 Å². The maximum Gasteiger partial charge on any atom is 0.329 e. The SMILES string of the molecule is NCC(F)(S(=O)(=O)c1ccc(F)cc1)S(=O)(=O)c1ccc(F)cc1. The van der Waals surface area contributed by atoms with Crippen LogP contribution in [0.1, 0.15) is 0 Å². The fourth-order valence-corrected chi connectivity index (χ4v) is 5.81. The highest BCUT2D eigenvalue weighted by Gasteiger charge is 2.56. The van der Waals surface area contributed by atoms with Crippen LogP contribution in [0.25, 0.3) is 0 Å². The van der Waals surface area contributed by atoms with Gasteiger partial charge in [0, 0.05) is 0 Å². The second-order valence-corrected chi connectivity index (χ2v) is 9.29. The number of nitrogens with two attached hydrogens (primary N) is 1. The van der Waals surface area contributed by atoms with E-state index in [0.717, 1.165) is 48.5 Å². The van der Waals surface area contributed by atoms with Crippen molar-refractivity contribution in [2.45, 2.75) is 14.1 Å². The number of alkyl halides is 1. The van der Waals surface area contributed by atoms with Crippen LogP contribution >= 0.6 is 0 Å². The first-order valence-corrected chi connectivity index (χ1v) is 9.42. The molecule has 10 heteroatoms. The molecule has 0 bridgehead atoms. The summed E-state index contributed by atoms with van der Waals surface area (Å²) in [6, 6.07) is 5.90. The fraction of sp³-hybridized carbons (Fsp3) is 0.143. The van der Waals surface area contributed by atoms with Crippen molar-refractivity contribution in [2.24, 2.45) is 5.73 Å². The van der Waals surface area contributed by atoms with Crippen molar-refractivity contribution in [1.82, 2.24) is 0 Å². The summed E-state index contributed by atoms with van der Waals surface area (Å²) in [5, 5.41) is 0. The molecule has 5 nitrogen and oxygen atoms in total. The Hall–Kier alpha value is -1.91. The van der Waals surface area contributed by atoms with E-state index in [1.807, 2.05) is 0 Å². The Bertz CT molecular complexity index is 865. The molecule has 130 valence electrons. The Labute approximate surface area is 136 Å². The zero-order valence-corrected chi connectivity index (χ0v) is 13.6. The lowest BCUT2D eigenvalue weighted by Crippen LogP contribution is -2.48. The second kappa shape index (κ2) is 6.19. The number of hydrogen-bond donors (Lipinski definition) is 1. The predicted octanol–water partition coefficient (Wildman–Crippen LogP) is 1.79. The molecule has 2 aromatic carbocycles. The van der Waals surface area contributed by atoms with Crippen LogP contribution in [0, 0.1) is 11.6 Å². The van der Waals surface area contributed by atoms with E-state index in [9.17, 15) is 25.6 Å². The third-order valence-corrected chi connectivity index (χ3v) is 8.33. The van der Waals surface area contributed by atoms with Crippen LogP contribution in [0.15, 0.2) is 58.3 Å². The molecular weight excluding hydrogens is 367 g/mol. The molecule has 24 heavy (non-hydrogen) atoms. The number of rotatable bonds is 5. The predicted molar refractivity (Wildman–Crippen MR) is 80.1 cm³/mol. The monoisotopic (exact) mass is 379 g/mol. The van der Waals surface area contributed by atoms with E-state index in [1.54, 1.807) is 0 Å².